The van der Waals surface area contributed by atoms with E-state index < -0.39 is 0 Å². The molecule has 104 valence electrons. The number of thiocarbonyl (C=S) groups is 1. The van der Waals surface area contributed by atoms with Crippen molar-refractivity contribution < 1.29 is 0 Å². The number of anilines is 1. The molecule has 2 nitrogen and oxygen atoms in total. The van der Waals surface area contributed by atoms with E-state index in [2.05, 4.69) is 43.5 Å². The van der Waals surface area contributed by atoms with Crippen molar-refractivity contribution in [3.63, 3.8) is 0 Å². The van der Waals surface area contributed by atoms with Gasteiger partial charge < -0.3 is 10.6 Å². The molecule has 1 aliphatic carbocycles. The molecule has 0 spiro atoms. The van der Waals surface area contributed by atoms with E-state index in [9.17, 15) is 0 Å². The van der Waals surface area contributed by atoms with Crippen molar-refractivity contribution >= 4 is 23.0 Å². The average molecular weight is 276 g/mol. The van der Waals surface area contributed by atoms with Gasteiger partial charge in [-0.25, -0.2) is 0 Å². The predicted octanol–water partition coefficient (Wildman–Crippen LogP) is 4.11. The van der Waals surface area contributed by atoms with Crippen LogP contribution in [0.25, 0.3) is 0 Å². The third-order valence-electron chi connectivity index (χ3n) is 4.30. The predicted molar refractivity (Wildman–Crippen MR) is 86.5 cm³/mol. The number of rotatable bonds is 2. The zero-order valence-corrected chi connectivity index (χ0v) is 12.9. The first kappa shape index (κ1) is 14.3. The van der Waals surface area contributed by atoms with Crippen LogP contribution in [-0.4, -0.2) is 11.2 Å². The van der Waals surface area contributed by atoms with Crippen LogP contribution in [0.4, 0.5) is 5.69 Å². The molecule has 0 radical (unpaired) electrons. The van der Waals surface area contributed by atoms with Crippen LogP contribution in [0.5, 0.6) is 0 Å². The van der Waals surface area contributed by atoms with Crippen LogP contribution in [0.15, 0.2) is 24.3 Å². The summed E-state index contributed by atoms with van der Waals surface area (Å²) < 4.78 is 0. The number of aryl methyl sites for hydroxylation is 1. The highest BCUT2D eigenvalue weighted by Gasteiger charge is 2.27. The number of hydrogen-bond donors (Lipinski definition) is 2. The quantitative estimate of drug-likeness (QED) is 0.795. The van der Waals surface area contributed by atoms with Crippen LogP contribution in [0.3, 0.4) is 0 Å². The molecule has 2 rings (SSSR count). The third-order valence-corrected chi connectivity index (χ3v) is 4.52. The van der Waals surface area contributed by atoms with Gasteiger partial charge in [0.25, 0.3) is 0 Å². The Morgan fingerprint density at radius 2 is 2.05 bits per heavy atom. The average Bonchev–Trinajstić information content (AvgIpc) is 2.35. The molecule has 19 heavy (non-hydrogen) atoms. The Bertz CT molecular complexity index is 444. The molecule has 0 heterocycles. The molecule has 1 fully saturated rings. The summed E-state index contributed by atoms with van der Waals surface area (Å²) in [5.41, 5.74) is 2.31. The summed E-state index contributed by atoms with van der Waals surface area (Å²) in [4.78, 5) is 0. The van der Waals surface area contributed by atoms with Crippen molar-refractivity contribution in [1.82, 2.24) is 5.32 Å². The lowest BCUT2D eigenvalue weighted by Crippen LogP contribution is -2.45. The minimum atomic E-state index is 0.508. The monoisotopic (exact) mass is 276 g/mol. The molecule has 0 amide bonds. The minimum Gasteiger partial charge on any atom is -0.359 e. The van der Waals surface area contributed by atoms with Crippen LogP contribution < -0.4 is 10.6 Å². The highest BCUT2D eigenvalue weighted by atomic mass is 32.1. The van der Waals surface area contributed by atoms with Crippen LogP contribution in [0.1, 0.15) is 38.7 Å². The van der Waals surface area contributed by atoms with Gasteiger partial charge in [0.2, 0.25) is 0 Å². The van der Waals surface area contributed by atoms with Gasteiger partial charge in [-0.3, -0.25) is 0 Å². The molecule has 0 unspecified atom stereocenters. The smallest absolute Gasteiger partial charge is 0.171 e. The van der Waals surface area contributed by atoms with Gasteiger partial charge >= 0.3 is 0 Å². The second-order valence-corrected chi connectivity index (χ2v) is 6.25. The van der Waals surface area contributed by atoms with Gasteiger partial charge in [0.15, 0.2) is 5.11 Å². The summed E-state index contributed by atoms with van der Waals surface area (Å²) in [6.07, 6.45) is 3.87. The maximum atomic E-state index is 5.43. The molecule has 1 aromatic carbocycles. The Morgan fingerprint density at radius 1 is 1.26 bits per heavy atom. The molecule has 1 saturated carbocycles. The summed E-state index contributed by atoms with van der Waals surface area (Å²) in [5, 5.41) is 7.52. The first-order chi connectivity index (χ1) is 9.06. The highest BCUT2D eigenvalue weighted by molar-refractivity contribution is 7.80. The Labute approximate surface area is 122 Å². The molecule has 1 aromatic rings. The van der Waals surface area contributed by atoms with Gasteiger partial charge in [0, 0.05) is 11.7 Å². The lowest BCUT2D eigenvalue weighted by atomic mass is 9.78. The van der Waals surface area contributed by atoms with E-state index in [0.717, 1.165) is 16.7 Å². The van der Waals surface area contributed by atoms with Gasteiger partial charge in [-0.1, -0.05) is 38.8 Å². The Balaban J connectivity index is 1.90. The van der Waals surface area contributed by atoms with Crippen molar-refractivity contribution in [2.24, 2.45) is 11.8 Å². The number of nitrogens with one attached hydrogen (secondary N) is 2. The van der Waals surface area contributed by atoms with Crippen molar-refractivity contribution in [2.75, 3.05) is 5.32 Å². The minimum absolute atomic E-state index is 0.508. The van der Waals surface area contributed by atoms with E-state index in [1.807, 2.05) is 12.1 Å². The summed E-state index contributed by atoms with van der Waals surface area (Å²) in [7, 11) is 0. The van der Waals surface area contributed by atoms with E-state index in [1.54, 1.807) is 0 Å². The molecule has 0 saturated heterocycles. The van der Waals surface area contributed by atoms with Gasteiger partial charge in [-0.05, 0) is 55.1 Å². The molecule has 0 aliphatic heterocycles. The topological polar surface area (TPSA) is 24.1 Å². The van der Waals surface area contributed by atoms with Crippen LogP contribution in [-0.2, 0) is 0 Å². The van der Waals surface area contributed by atoms with E-state index in [1.165, 1.54) is 24.8 Å². The van der Waals surface area contributed by atoms with Gasteiger partial charge in [0.05, 0.1) is 0 Å². The van der Waals surface area contributed by atoms with Crippen molar-refractivity contribution in [1.29, 1.82) is 0 Å². The van der Waals surface area contributed by atoms with E-state index in [0.29, 0.717) is 12.0 Å². The second-order valence-electron chi connectivity index (χ2n) is 5.84. The molecule has 2 N–H and O–H groups in total. The fraction of sp³-hybridized carbons (Fsp3) is 0.562. The lowest BCUT2D eigenvalue weighted by molar-refractivity contribution is 0.225. The first-order valence-corrected chi connectivity index (χ1v) is 7.61. The van der Waals surface area contributed by atoms with Gasteiger partial charge in [-0.2, -0.15) is 0 Å². The summed E-state index contributed by atoms with van der Waals surface area (Å²) >= 11 is 5.43. The Morgan fingerprint density at radius 3 is 2.79 bits per heavy atom. The Hall–Kier alpha value is -1.09. The lowest BCUT2D eigenvalue weighted by Gasteiger charge is -2.35. The number of hydrogen-bond acceptors (Lipinski definition) is 1. The molecular weight excluding hydrogens is 252 g/mol. The normalized spacial score (nSPS) is 26.8. The summed E-state index contributed by atoms with van der Waals surface area (Å²) in [6.45, 7) is 6.76. The molecule has 0 aromatic heterocycles. The largest absolute Gasteiger partial charge is 0.359 e. The van der Waals surface area contributed by atoms with Crippen LogP contribution >= 0.6 is 12.2 Å². The first-order valence-electron chi connectivity index (χ1n) is 7.20. The van der Waals surface area contributed by atoms with E-state index in [4.69, 9.17) is 12.2 Å². The van der Waals surface area contributed by atoms with Crippen molar-refractivity contribution in [2.45, 2.75) is 46.1 Å². The van der Waals surface area contributed by atoms with Crippen LogP contribution in [0.2, 0.25) is 0 Å². The molecule has 0 bridgehead atoms. The fourth-order valence-corrected chi connectivity index (χ4v) is 3.11. The number of benzene rings is 1. The Kier molecular flexibility index (Phi) is 4.81. The molecule has 3 atom stereocenters. The molecule has 3 heteroatoms. The summed E-state index contributed by atoms with van der Waals surface area (Å²) in [6, 6.07) is 8.81. The maximum absolute atomic E-state index is 5.43. The molecule has 1 aliphatic rings. The standard InChI is InChI=1S/C16H24N2S/c1-11-6-4-8-14(10-11)17-16(19)18-15-9-5-7-12(2)13(15)3/h4,6,8,10,12-13,15H,5,7,9H2,1-3H3,(H2,17,18,19)/t12-,13-,15+/m1/s1. The molecular formula is C16H24N2S. The van der Waals surface area contributed by atoms with Crippen molar-refractivity contribution in [3.05, 3.63) is 29.8 Å². The van der Waals surface area contributed by atoms with Crippen molar-refractivity contribution in [3.8, 4) is 0 Å². The van der Waals surface area contributed by atoms with E-state index >= 15 is 0 Å². The van der Waals surface area contributed by atoms with Crippen LogP contribution in [0, 0.1) is 18.8 Å². The fourth-order valence-electron chi connectivity index (χ4n) is 2.84. The van der Waals surface area contributed by atoms with E-state index in [-0.39, 0.29) is 0 Å². The highest BCUT2D eigenvalue weighted by Crippen LogP contribution is 2.29. The maximum Gasteiger partial charge on any atom is 0.171 e. The zero-order chi connectivity index (χ0) is 13.8. The summed E-state index contributed by atoms with van der Waals surface area (Å²) in [5.74, 6) is 1.47. The SMILES string of the molecule is Cc1cccc(NC(=S)N[C@H]2CCC[C@@H](C)[C@H]2C)c1. The zero-order valence-electron chi connectivity index (χ0n) is 12.1. The third kappa shape index (κ3) is 3.93. The second kappa shape index (κ2) is 6.38. The van der Waals surface area contributed by atoms with Gasteiger partial charge in [-0.15, -0.1) is 0 Å². The van der Waals surface area contributed by atoms with Gasteiger partial charge in [0.1, 0.15) is 0 Å².